The van der Waals surface area contributed by atoms with Gasteiger partial charge in [-0.05, 0) is 74.3 Å². The summed E-state index contributed by atoms with van der Waals surface area (Å²) in [5, 5.41) is 12.8. The van der Waals surface area contributed by atoms with E-state index in [4.69, 9.17) is 5.11 Å². The molecule has 2 heterocycles. The summed E-state index contributed by atoms with van der Waals surface area (Å²) in [5.41, 5.74) is 2.32. The van der Waals surface area contributed by atoms with Crippen LogP contribution in [0.5, 0.6) is 0 Å². The number of carbonyl (C=O) groups is 2. The van der Waals surface area contributed by atoms with Crippen LogP contribution in [0.25, 0.3) is 16.6 Å². The summed E-state index contributed by atoms with van der Waals surface area (Å²) in [6.07, 6.45) is 8.81. The van der Waals surface area contributed by atoms with Crippen molar-refractivity contribution in [3.63, 3.8) is 0 Å². The lowest BCUT2D eigenvalue weighted by molar-refractivity contribution is -0.142. The van der Waals surface area contributed by atoms with E-state index in [9.17, 15) is 14.4 Å². The van der Waals surface area contributed by atoms with E-state index in [0.717, 1.165) is 12.8 Å². The van der Waals surface area contributed by atoms with Crippen LogP contribution in [0.15, 0.2) is 41.3 Å². The Bertz CT molecular complexity index is 1250. The van der Waals surface area contributed by atoms with Crippen LogP contribution in [0, 0.1) is 5.92 Å². The molecule has 1 aromatic carbocycles. The molecule has 0 unspecified atom stereocenters. The molecule has 5 rings (SSSR count). The predicted octanol–water partition coefficient (Wildman–Crippen LogP) is 3.88. The number of amides is 1. The molecule has 0 bridgehead atoms. The normalized spacial score (nSPS) is 21.8. The first kappa shape index (κ1) is 20.7. The van der Waals surface area contributed by atoms with Crippen LogP contribution in [0.2, 0.25) is 0 Å². The van der Waals surface area contributed by atoms with Crippen LogP contribution in [-0.2, 0) is 4.79 Å². The number of aromatic nitrogens is 2. The molecule has 3 aromatic rings. The number of benzene rings is 1. The van der Waals surface area contributed by atoms with Crippen molar-refractivity contribution in [3.8, 4) is 0 Å². The highest BCUT2D eigenvalue weighted by atomic mass is 16.4. The number of hydrogen-bond donors (Lipinski definition) is 2. The first-order valence-corrected chi connectivity index (χ1v) is 11.5. The third-order valence-corrected chi connectivity index (χ3v) is 7.15. The SMILES string of the molecule is O=C(N[C@H]1CC[C@@H](C(=O)O)CC1)c1cccn2c(=O)c3cc(C4CCCC4)ccc3nc12. The minimum Gasteiger partial charge on any atom is -0.481 e. The molecular formula is C25H27N3O4. The molecule has 1 amide bonds. The predicted molar refractivity (Wildman–Crippen MR) is 121 cm³/mol. The van der Waals surface area contributed by atoms with Gasteiger partial charge in [0.2, 0.25) is 0 Å². The summed E-state index contributed by atoms with van der Waals surface area (Å²) in [7, 11) is 0. The summed E-state index contributed by atoms with van der Waals surface area (Å²) >= 11 is 0. The average Bonchev–Trinajstić information content (AvgIpc) is 3.34. The molecule has 2 aliphatic carbocycles. The number of nitrogens with zero attached hydrogens (tertiary/aromatic N) is 2. The van der Waals surface area contributed by atoms with Crippen LogP contribution >= 0.6 is 0 Å². The van der Waals surface area contributed by atoms with Gasteiger partial charge in [0.1, 0.15) is 0 Å². The summed E-state index contributed by atoms with van der Waals surface area (Å²) < 4.78 is 1.46. The highest BCUT2D eigenvalue weighted by Gasteiger charge is 2.27. The van der Waals surface area contributed by atoms with Gasteiger partial charge < -0.3 is 10.4 Å². The number of carbonyl (C=O) groups excluding carboxylic acids is 1. The number of hydrogen-bond acceptors (Lipinski definition) is 4. The number of aliphatic carboxylic acids is 1. The fourth-order valence-corrected chi connectivity index (χ4v) is 5.28. The minimum atomic E-state index is -0.768. The van der Waals surface area contributed by atoms with E-state index >= 15 is 0 Å². The van der Waals surface area contributed by atoms with Crippen molar-refractivity contribution >= 4 is 28.4 Å². The van der Waals surface area contributed by atoms with Crippen molar-refractivity contribution in [1.29, 1.82) is 0 Å². The lowest BCUT2D eigenvalue weighted by Crippen LogP contribution is -2.39. The molecule has 0 atom stereocenters. The Morgan fingerprint density at radius 2 is 1.78 bits per heavy atom. The number of nitrogens with one attached hydrogen (secondary N) is 1. The molecule has 166 valence electrons. The zero-order chi connectivity index (χ0) is 22.2. The van der Waals surface area contributed by atoms with Crippen molar-refractivity contribution in [1.82, 2.24) is 14.7 Å². The molecule has 0 aliphatic heterocycles. The van der Waals surface area contributed by atoms with Gasteiger partial charge in [0.25, 0.3) is 11.5 Å². The van der Waals surface area contributed by atoms with Gasteiger partial charge >= 0.3 is 5.97 Å². The van der Waals surface area contributed by atoms with Gasteiger partial charge in [-0.25, -0.2) is 4.98 Å². The third kappa shape index (κ3) is 3.76. The fraction of sp³-hybridized carbons (Fsp3) is 0.440. The molecule has 0 saturated heterocycles. The molecule has 2 fully saturated rings. The minimum absolute atomic E-state index is 0.0699. The van der Waals surface area contributed by atoms with Gasteiger partial charge in [0, 0.05) is 12.2 Å². The van der Waals surface area contributed by atoms with Crippen molar-refractivity contribution in [3.05, 3.63) is 58.0 Å². The van der Waals surface area contributed by atoms with Gasteiger partial charge in [-0.15, -0.1) is 0 Å². The Balaban J connectivity index is 1.46. The molecule has 0 spiro atoms. The molecule has 2 N–H and O–H groups in total. The highest BCUT2D eigenvalue weighted by molar-refractivity contribution is 6.00. The maximum absolute atomic E-state index is 13.3. The van der Waals surface area contributed by atoms with Gasteiger partial charge in [-0.2, -0.15) is 0 Å². The Hall–Kier alpha value is -3.22. The van der Waals surface area contributed by atoms with Crippen molar-refractivity contribution < 1.29 is 14.7 Å². The number of fused-ring (bicyclic) bond motifs is 2. The number of pyridine rings is 1. The Morgan fingerprint density at radius 1 is 1.03 bits per heavy atom. The van der Waals surface area contributed by atoms with E-state index in [1.54, 1.807) is 18.3 Å². The maximum Gasteiger partial charge on any atom is 0.306 e. The molecule has 2 saturated carbocycles. The van der Waals surface area contributed by atoms with Gasteiger partial charge in [0.05, 0.1) is 22.4 Å². The van der Waals surface area contributed by atoms with Crippen molar-refractivity contribution in [2.45, 2.75) is 63.3 Å². The summed E-state index contributed by atoms with van der Waals surface area (Å²) in [4.78, 5) is 42.1. The van der Waals surface area contributed by atoms with Gasteiger partial charge in [-0.3, -0.25) is 18.8 Å². The second kappa shape index (κ2) is 8.37. The maximum atomic E-state index is 13.3. The zero-order valence-electron chi connectivity index (χ0n) is 17.9. The lowest BCUT2D eigenvalue weighted by Gasteiger charge is -2.26. The van der Waals surface area contributed by atoms with Crippen molar-refractivity contribution in [2.24, 2.45) is 5.92 Å². The molecular weight excluding hydrogens is 406 g/mol. The second-order valence-corrected chi connectivity index (χ2v) is 9.15. The molecule has 7 nitrogen and oxygen atoms in total. The van der Waals surface area contributed by atoms with E-state index < -0.39 is 5.97 Å². The van der Waals surface area contributed by atoms with Crippen LogP contribution in [-0.4, -0.2) is 32.4 Å². The second-order valence-electron chi connectivity index (χ2n) is 9.15. The zero-order valence-corrected chi connectivity index (χ0v) is 17.9. The fourth-order valence-electron chi connectivity index (χ4n) is 5.28. The summed E-state index contributed by atoms with van der Waals surface area (Å²) in [5.74, 6) is -0.875. The van der Waals surface area contributed by atoms with E-state index in [1.165, 1.54) is 22.8 Å². The van der Waals surface area contributed by atoms with E-state index in [2.05, 4.69) is 16.4 Å². The smallest absolute Gasteiger partial charge is 0.306 e. The first-order valence-electron chi connectivity index (χ1n) is 11.5. The molecule has 0 radical (unpaired) electrons. The monoisotopic (exact) mass is 433 g/mol. The molecule has 2 aromatic heterocycles. The average molecular weight is 434 g/mol. The highest BCUT2D eigenvalue weighted by Crippen LogP contribution is 2.34. The van der Waals surface area contributed by atoms with Gasteiger partial charge in [0.15, 0.2) is 5.65 Å². The van der Waals surface area contributed by atoms with Crippen LogP contribution in [0.4, 0.5) is 0 Å². The van der Waals surface area contributed by atoms with Gasteiger partial charge in [-0.1, -0.05) is 18.9 Å². The molecule has 7 heteroatoms. The molecule has 2 aliphatic rings. The molecule has 32 heavy (non-hydrogen) atoms. The van der Waals surface area contributed by atoms with Crippen LogP contribution in [0.1, 0.15) is 73.2 Å². The van der Waals surface area contributed by atoms with Crippen molar-refractivity contribution in [2.75, 3.05) is 0 Å². The summed E-state index contributed by atoms with van der Waals surface area (Å²) in [6, 6.07) is 9.23. The van der Waals surface area contributed by atoms with Crippen LogP contribution < -0.4 is 10.9 Å². The summed E-state index contributed by atoms with van der Waals surface area (Å²) in [6.45, 7) is 0. The van der Waals surface area contributed by atoms with E-state index in [-0.39, 0.29) is 23.4 Å². The Morgan fingerprint density at radius 3 is 2.50 bits per heavy atom. The number of carboxylic acid groups (broad SMARTS) is 1. The van der Waals surface area contributed by atoms with Crippen LogP contribution in [0.3, 0.4) is 0 Å². The standard InChI is InChI=1S/C25H27N3O4/c29-23(26-18-10-7-16(8-11-18)25(31)32)19-6-3-13-28-22(19)27-21-12-9-17(14-20(21)24(28)30)15-4-1-2-5-15/h3,6,9,12-16,18H,1-2,4-5,7-8,10-11H2,(H,26,29)(H,31,32)/t16-,18+. The number of rotatable bonds is 4. The quantitative estimate of drug-likeness (QED) is 0.608. The third-order valence-electron chi connectivity index (χ3n) is 7.15. The van der Waals surface area contributed by atoms with E-state index in [0.29, 0.717) is 53.7 Å². The largest absolute Gasteiger partial charge is 0.481 e. The first-order chi connectivity index (χ1) is 15.5. The Kier molecular flexibility index (Phi) is 5.41. The number of carboxylic acids is 1. The Labute approximate surface area is 185 Å². The van der Waals surface area contributed by atoms with E-state index in [1.807, 2.05) is 12.1 Å². The topological polar surface area (TPSA) is 101 Å². The lowest BCUT2D eigenvalue weighted by atomic mass is 9.86.